The van der Waals surface area contributed by atoms with Crippen LogP contribution in [0.4, 0.5) is 5.82 Å². The van der Waals surface area contributed by atoms with Crippen LogP contribution < -0.4 is 20.3 Å². The number of rotatable bonds is 5. The van der Waals surface area contributed by atoms with E-state index in [0.717, 1.165) is 0 Å². The molecule has 0 bridgehead atoms. The van der Waals surface area contributed by atoms with Gasteiger partial charge in [0, 0.05) is 25.0 Å². The minimum atomic E-state index is -0.200. The van der Waals surface area contributed by atoms with Gasteiger partial charge in [-0.1, -0.05) is 37.3 Å². The molecule has 2 heterocycles. The predicted molar refractivity (Wildman–Crippen MR) is 104 cm³/mol. The number of nitrogens with zero attached hydrogens (tertiary/aromatic N) is 2. The number of hydrogen-bond donors (Lipinski definition) is 1. The first-order chi connectivity index (χ1) is 13.2. The average Bonchev–Trinajstić information content (AvgIpc) is 2.73. The molecule has 1 aromatic heterocycles. The Morgan fingerprint density at radius 3 is 2.70 bits per heavy atom. The third kappa shape index (κ3) is 3.65. The van der Waals surface area contributed by atoms with E-state index in [1.807, 2.05) is 36.4 Å². The van der Waals surface area contributed by atoms with Crippen molar-refractivity contribution >= 4 is 5.82 Å². The molecule has 6 nitrogen and oxygen atoms in total. The highest BCUT2D eigenvalue weighted by molar-refractivity contribution is 5.50. The van der Waals surface area contributed by atoms with E-state index >= 15 is 0 Å². The molecule has 0 spiro atoms. The van der Waals surface area contributed by atoms with Crippen LogP contribution >= 0.6 is 0 Å². The Balaban J connectivity index is 1.55. The van der Waals surface area contributed by atoms with E-state index in [1.165, 1.54) is 5.56 Å². The Morgan fingerprint density at radius 1 is 1.11 bits per heavy atom. The summed E-state index contributed by atoms with van der Waals surface area (Å²) in [5, 5.41) is 3.18. The van der Waals surface area contributed by atoms with Crippen molar-refractivity contribution in [3.63, 3.8) is 0 Å². The molecule has 27 heavy (non-hydrogen) atoms. The van der Waals surface area contributed by atoms with Crippen molar-refractivity contribution in [2.45, 2.75) is 12.8 Å². The first-order valence-electron chi connectivity index (χ1n) is 8.99. The largest absolute Gasteiger partial charge is 0.486 e. The van der Waals surface area contributed by atoms with Crippen molar-refractivity contribution in [2.75, 3.05) is 25.1 Å². The van der Waals surface area contributed by atoms with Gasteiger partial charge in [0.05, 0.1) is 5.69 Å². The Bertz CT molecular complexity index is 985. The van der Waals surface area contributed by atoms with Gasteiger partial charge in [-0.2, -0.15) is 0 Å². The highest BCUT2D eigenvalue weighted by atomic mass is 16.6. The molecule has 0 radical (unpaired) electrons. The Labute approximate surface area is 157 Å². The topological polar surface area (TPSA) is 65.4 Å². The Kier molecular flexibility index (Phi) is 4.78. The van der Waals surface area contributed by atoms with Gasteiger partial charge < -0.3 is 14.8 Å². The van der Waals surface area contributed by atoms with E-state index in [-0.39, 0.29) is 11.5 Å². The van der Waals surface area contributed by atoms with E-state index in [1.54, 1.807) is 17.0 Å². The fourth-order valence-corrected chi connectivity index (χ4v) is 3.07. The lowest BCUT2D eigenvalue weighted by Crippen LogP contribution is -2.25. The molecule has 0 saturated heterocycles. The van der Waals surface area contributed by atoms with Gasteiger partial charge in [-0.3, -0.25) is 9.36 Å². The van der Waals surface area contributed by atoms with Gasteiger partial charge in [-0.15, -0.1) is 0 Å². The van der Waals surface area contributed by atoms with Crippen molar-refractivity contribution < 1.29 is 9.47 Å². The molecular formula is C21H21N3O3. The molecule has 3 aromatic rings. The smallest absolute Gasteiger partial charge is 0.297 e. The van der Waals surface area contributed by atoms with Crippen LogP contribution in [0.5, 0.6) is 11.5 Å². The monoisotopic (exact) mass is 363 g/mol. The van der Waals surface area contributed by atoms with Crippen molar-refractivity contribution in [3.05, 3.63) is 76.8 Å². The van der Waals surface area contributed by atoms with Crippen molar-refractivity contribution in [1.82, 2.24) is 9.55 Å². The zero-order valence-corrected chi connectivity index (χ0v) is 15.1. The number of benzene rings is 2. The molecular weight excluding hydrogens is 342 g/mol. The summed E-state index contributed by atoms with van der Waals surface area (Å²) in [4.78, 5) is 17.1. The molecule has 1 aliphatic rings. The summed E-state index contributed by atoms with van der Waals surface area (Å²) in [5.74, 6) is 1.93. The lowest BCUT2D eigenvalue weighted by molar-refractivity contribution is 0.171. The zero-order chi connectivity index (χ0) is 18.6. The standard InChI is InChI=1S/C21H21N3O3/c1-15(16-5-3-2-4-6-16)14-23-20-21(25)24(10-9-22-20)17-7-8-18-19(13-17)27-12-11-26-18/h2-10,13,15H,11-12,14H2,1H3,(H,22,23)/t15-/m1/s1. The third-order valence-corrected chi connectivity index (χ3v) is 4.59. The maximum atomic E-state index is 12.9. The van der Waals surface area contributed by atoms with Gasteiger partial charge in [0.2, 0.25) is 0 Å². The van der Waals surface area contributed by atoms with E-state index in [9.17, 15) is 4.79 Å². The first-order valence-corrected chi connectivity index (χ1v) is 8.99. The number of hydrogen-bond acceptors (Lipinski definition) is 5. The maximum Gasteiger partial charge on any atom is 0.297 e. The van der Waals surface area contributed by atoms with Crippen LogP contribution in [0.1, 0.15) is 18.4 Å². The molecule has 0 unspecified atom stereocenters. The van der Waals surface area contributed by atoms with Crippen LogP contribution in [-0.2, 0) is 0 Å². The highest BCUT2D eigenvalue weighted by Crippen LogP contribution is 2.31. The SMILES string of the molecule is C[C@H](CNc1nccn(-c2ccc3c(c2)OCCO3)c1=O)c1ccccc1. The van der Waals surface area contributed by atoms with Crippen LogP contribution in [0.15, 0.2) is 65.7 Å². The van der Waals surface area contributed by atoms with E-state index < -0.39 is 0 Å². The molecule has 0 aliphatic carbocycles. The van der Waals surface area contributed by atoms with Crippen molar-refractivity contribution in [1.29, 1.82) is 0 Å². The summed E-state index contributed by atoms with van der Waals surface area (Å²) in [7, 11) is 0. The summed E-state index contributed by atoms with van der Waals surface area (Å²) in [6, 6.07) is 15.7. The van der Waals surface area contributed by atoms with Gasteiger partial charge >= 0.3 is 0 Å². The average molecular weight is 363 g/mol. The van der Waals surface area contributed by atoms with Gasteiger partial charge in [-0.05, 0) is 23.6 Å². The fourth-order valence-electron chi connectivity index (χ4n) is 3.07. The van der Waals surface area contributed by atoms with Crippen molar-refractivity contribution in [3.8, 4) is 17.2 Å². The number of fused-ring (bicyclic) bond motifs is 1. The van der Waals surface area contributed by atoms with Gasteiger partial charge in [0.15, 0.2) is 17.3 Å². The van der Waals surface area contributed by atoms with Crippen LogP contribution in [0, 0.1) is 0 Å². The van der Waals surface area contributed by atoms with Crippen LogP contribution in [0.2, 0.25) is 0 Å². The lowest BCUT2D eigenvalue weighted by Gasteiger charge is -2.19. The second kappa shape index (κ2) is 7.53. The second-order valence-corrected chi connectivity index (χ2v) is 6.47. The Morgan fingerprint density at radius 2 is 1.89 bits per heavy atom. The third-order valence-electron chi connectivity index (χ3n) is 4.59. The predicted octanol–water partition coefficient (Wildman–Crippen LogP) is 3.22. The van der Waals surface area contributed by atoms with Crippen molar-refractivity contribution in [2.24, 2.45) is 0 Å². The highest BCUT2D eigenvalue weighted by Gasteiger charge is 2.14. The fraction of sp³-hybridized carbons (Fsp3) is 0.238. The maximum absolute atomic E-state index is 12.9. The molecule has 1 aliphatic heterocycles. The van der Waals surface area contributed by atoms with Gasteiger partial charge in [0.25, 0.3) is 5.56 Å². The summed E-state index contributed by atoms with van der Waals surface area (Å²) >= 11 is 0. The summed E-state index contributed by atoms with van der Waals surface area (Å²) < 4.78 is 12.7. The van der Waals surface area contributed by atoms with E-state index in [2.05, 4.69) is 29.4 Å². The number of nitrogens with one attached hydrogen (secondary N) is 1. The lowest BCUT2D eigenvalue weighted by atomic mass is 10.0. The number of anilines is 1. The van der Waals surface area contributed by atoms with Crippen LogP contribution in [-0.4, -0.2) is 29.3 Å². The Hall–Kier alpha value is -3.28. The summed E-state index contributed by atoms with van der Waals surface area (Å²) in [5.41, 5.74) is 1.73. The molecule has 0 saturated carbocycles. The van der Waals surface area contributed by atoms with Gasteiger partial charge in [-0.25, -0.2) is 4.98 Å². The first kappa shape index (κ1) is 17.1. The zero-order valence-electron chi connectivity index (χ0n) is 15.1. The molecule has 1 N–H and O–H groups in total. The molecule has 2 aromatic carbocycles. The minimum absolute atomic E-state index is 0.200. The quantitative estimate of drug-likeness (QED) is 0.754. The molecule has 138 valence electrons. The number of ether oxygens (including phenoxy) is 2. The number of aromatic nitrogens is 2. The molecule has 4 rings (SSSR count). The van der Waals surface area contributed by atoms with Gasteiger partial charge in [0.1, 0.15) is 13.2 Å². The summed E-state index contributed by atoms with van der Waals surface area (Å²) in [6.07, 6.45) is 3.27. The molecule has 1 atom stereocenters. The minimum Gasteiger partial charge on any atom is -0.486 e. The molecule has 0 fully saturated rings. The normalized spacial score (nSPS) is 13.8. The van der Waals surface area contributed by atoms with E-state index in [4.69, 9.17) is 9.47 Å². The van der Waals surface area contributed by atoms with Crippen LogP contribution in [0.25, 0.3) is 5.69 Å². The molecule has 0 amide bonds. The second-order valence-electron chi connectivity index (χ2n) is 6.47. The van der Waals surface area contributed by atoms with Crippen LogP contribution in [0.3, 0.4) is 0 Å². The van der Waals surface area contributed by atoms with E-state index in [0.29, 0.717) is 42.8 Å². The molecule has 6 heteroatoms. The summed E-state index contributed by atoms with van der Waals surface area (Å²) in [6.45, 7) is 3.78.